The maximum atomic E-state index is 9.74. The highest BCUT2D eigenvalue weighted by Gasteiger charge is 2.14. The Morgan fingerprint density at radius 1 is 1.39 bits per heavy atom. The lowest BCUT2D eigenvalue weighted by molar-refractivity contribution is 0.0662. The second-order valence-corrected chi connectivity index (χ2v) is 5.64. The van der Waals surface area contributed by atoms with Gasteiger partial charge in [-0.1, -0.05) is 20.3 Å². The van der Waals surface area contributed by atoms with Crippen molar-refractivity contribution in [1.82, 2.24) is 9.88 Å². The van der Waals surface area contributed by atoms with Crippen LogP contribution in [0.3, 0.4) is 0 Å². The molecule has 0 radical (unpaired) electrons. The summed E-state index contributed by atoms with van der Waals surface area (Å²) >= 11 is 0. The van der Waals surface area contributed by atoms with Gasteiger partial charge in [-0.05, 0) is 44.9 Å². The minimum absolute atomic E-state index is 0.461. The Labute approximate surface area is 111 Å². The van der Waals surface area contributed by atoms with Crippen molar-refractivity contribution in [3.05, 3.63) is 24.0 Å². The van der Waals surface area contributed by atoms with E-state index in [1.54, 1.807) is 0 Å². The van der Waals surface area contributed by atoms with Gasteiger partial charge in [0.25, 0.3) is 0 Å². The Kier molecular flexibility index (Phi) is 5.89. The van der Waals surface area contributed by atoms with Gasteiger partial charge in [0.05, 0.1) is 5.60 Å². The van der Waals surface area contributed by atoms with Crippen LogP contribution in [0.1, 0.15) is 58.6 Å². The molecule has 18 heavy (non-hydrogen) atoms. The molecule has 104 valence electrons. The summed E-state index contributed by atoms with van der Waals surface area (Å²) in [6.45, 7) is 9.95. The first-order valence-corrected chi connectivity index (χ1v) is 7.07. The summed E-state index contributed by atoms with van der Waals surface area (Å²) in [5.74, 6) is 0. The minimum atomic E-state index is -0.588. The lowest BCUT2D eigenvalue weighted by Gasteiger charge is -2.17. The van der Waals surface area contributed by atoms with Crippen molar-refractivity contribution >= 4 is 0 Å². The van der Waals surface area contributed by atoms with Gasteiger partial charge in [-0.2, -0.15) is 0 Å². The molecule has 1 heterocycles. The van der Waals surface area contributed by atoms with Gasteiger partial charge in [0.1, 0.15) is 0 Å². The summed E-state index contributed by atoms with van der Waals surface area (Å²) in [7, 11) is 0. The maximum absolute atomic E-state index is 9.74. The first-order valence-electron chi connectivity index (χ1n) is 7.07. The monoisotopic (exact) mass is 252 g/mol. The first kappa shape index (κ1) is 15.3. The maximum Gasteiger partial charge on any atom is 0.0608 e. The molecule has 0 fully saturated rings. The van der Waals surface area contributed by atoms with Gasteiger partial charge in [-0.15, -0.1) is 0 Å². The predicted octanol–water partition coefficient (Wildman–Crippen LogP) is 3.10. The van der Waals surface area contributed by atoms with Gasteiger partial charge in [-0.3, -0.25) is 0 Å². The lowest BCUT2D eigenvalue weighted by Crippen LogP contribution is -2.21. The van der Waals surface area contributed by atoms with Crippen LogP contribution in [-0.2, 0) is 6.54 Å². The molecule has 0 bridgehead atoms. The van der Waals surface area contributed by atoms with E-state index < -0.39 is 5.60 Å². The van der Waals surface area contributed by atoms with E-state index in [0.717, 1.165) is 19.5 Å². The van der Waals surface area contributed by atoms with Crippen LogP contribution in [-0.4, -0.2) is 21.8 Å². The minimum Gasteiger partial charge on any atom is -0.390 e. The van der Waals surface area contributed by atoms with E-state index in [1.807, 2.05) is 13.8 Å². The van der Waals surface area contributed by atoms with Crippen LogP contribution < -0.4 is 5.32 Å². The molecule has 0 spiro atoms. The number of aryl methyl sites for hydroxylation is 1. The molecule has 1 rings (SSSR count). The van der Waals surface area contributed by atoms with Gasteiger partial charge >= 0.3 is 0 Å². The number of nitrogens with one attached hydrogen (secondary N) is 1. The Balaban J connectivity index is 2.60. The average Bonchev–Trinajstić information content (AvgIpc) is 2.74. The zero-order valence-corrected chi connectivity index (χ0v) is 12.2. The van der Waals surface area contributed by atoms with Crippen molar-refractivity contribution in [2.45, 2.75) is 65.1 Å². The zero-order valence-electron chi connectivity index (χ0n) is 12.2. The fourth-order valence-electron chi connectivity index (χ4n) is 2.13. The molecule has 0 aromatic carbocycles. The highest BCUT2D eigenvalue weighted by atomic mass is 16.3. The SMILES string of the molecule is CCCC(NCC)c1ccn(CCC(C)(C)O)c1. The fraction of sp³-hybridized carbons (Fsp3) is 0.733. The summed E-state index contributed by atoms with van der Waals surface area (Å²) in [4.78, 5) is 0. The summed E-state index contributed by atoms with van der Waals surface area (Å²) in [5, 5.41) is 13.3. The Bertz CT molecular complexity index is 333. The molecule has 0 saturated heterocycles. The zero-order chi connectivity index (χ0) is 13.6. The highest BCUT2D eigenvalue weighted by Crippen LogP contribution is 2.19. The quantitative estimate of drug-likeness (QED) is 0.746. The fourth-order valence-corrected chi connectivity index (χ4v) is 2.13. The molecule has 1 atom stereocenters. The number of aliphatic hydroxyl groups is 1. The number of aromatic nitrogens is 1. The van der Waals surface area contributed by atoms with Gasteiger partial charge in [0.15, 0.2) is 0 Å². The molecule has 1 aromatic rings. The van der Waals surface area contributed by atoms with Crippen LogP contribution in [0.25, 0.3) is 0 Å². The molecular formula is C15H28N2O. The summed E-state index contributed by atoms with van der Waals surface area (Å²) in [6.07, 6.45) is 7.45. The Morgan fingerprint density at radius 3 is 2.67 bits per heavy atom. The van der Waals surface area contributed by atoms with Crippen LogP contribution in [0.2, 0.25) is 0 Å². The van der Waals surface area contributed by atoms with E-state index in [1.165, 1.54) is 18.4 Å². The van der Waals surface area contributed by atoms with Crippen molar-refractivity contribution in [3.8, 4) is 0 Å². The van der Waals surface area contributed by atoms with Gasteiger partial charge in [0, 0.05) is 25.0 Å². The van der Waals surface area contributed by atoms with Crippen molar-refractivity contribution < 1.29 is 5.11 Å². The average molecular weight is 252 g/mol. The normalized spacial score (nSPS) is 13.8. The predicted molar refractivity (Wildman–Crippen MR) is 76.7 cm³/mol. The van der Waals surface area contributed by atoms with Crippen molar-refractivity contribution in [2.75, 3.05) is 6.54 Å². The van der Waals surface area contributed by atoms with E-state index in [-0.39, 0.29) is 0 Å². The van der Waals surface area contributed by atoms with Crippen LogP contribution in [0.5, 0.6) is 0 Å². The largest absolute Gasteiger partial charge is 0.390 e. The molecule has 0 amide bonds. The highest BCUT2D eigenvalue weighted by molar-refractivity contribution is 5.15. The lowest BCUT2D eigenvalue weighted by atomic mass is 10.1. The summed E-state index contributed by atoms with van der Waals surface area (Å²) in [5.41, 5.74) is 0.768. The van der Waals surface area contributed by atoms with Crippen molar-refractivity contribution in [3.63, 3.8) is 0 Å². The van der Waals surface area contributed by atoms with Crippen LogP contribution >= 0.6 is 0 Å². The first-order chi connectivity index (χ1) is 8.46. The molecule has 1 aromatic heterocycles. The third-order valence-electron chi connectivity index (χ3n) is 3.19. The number of hydrogen-bond acceptors (Lipinski definition) is 2. The van der Waals surface area contributed by atoms with Crippen LogP contribution in [0.4, 0.5) is 0 Å². The van der Waals surface area contributed by atoms with Crippen LogP contribution in [0.15, 0.2) is 18.5 Å². The third kappa shape index (κ3) is 5.23. The molecule has 0 aliphatic rings. The number of nitrogens with zero attached hydrogens (tertiary/aromatic N) is 1. The molecule has 2 N–H and O–H groups in total. The smallest absolute Gasteiger partial charge is 0.0608 e. The molecular weight excluding hydrogens is 224 g/mol. The van der Waals surface area contributed by atoms with E-state index >= 15 is 0 Å². The van der Waals surface area contributed by atoms with Crippen molar-refractivity contribution in [2.24, 2.45) is 0 Å². The number of hydrogen-bond donors (Lipinski definition) is 2. The van der Waals surface area contributed by atoms with E-state index in [9.17, 15) is 5.11 Å². The van der Waals surface area contributed by atoms with Gasteiger partial charge in [0.2, 0.25) is 0 Å². The summed E-state index contributed by atoms with van der Waals surface area (Å²) in [6, 6.07) is 2.65. The topological polar surface area (TPSA) is 37.2 Å². The van der Waals surface area contributed by atoms with Crippen LogP contribution in [0, 0.1) is 0 Å². The van der Waals surface area contributed by atoms with Gasteiger partial charge in [-0.25, -0.2) is 0 Å². The van der Waals surface area contributed by atoms with Gasteiger partial charge < -0.3 is 15.0 Å². The molecule has 3 heteroatoms. The molecule has 0 saturated carbocycles. The second kappa shape index (κ2) is 6.95. The van der Waals surface area contributed by atoms with E-state index in [4.69, 9.17) is 0 Å². The molecule has 3 nitrogen and oxygen atoms in total. The third-order valence-corrected chi connectivity index (χ3v) is 3.19. The standard InChI is InChI=1S/C15H28N2O/c1-5-7-14(16-6-2)13-8-10-17(12-13)11-9-15(3,4)18/h8,10,12,14,16,18H,5-7,9,11H2,1-4H3. The molecule has 0 aliphatic carbocycles. The molecule has 0 aliphatic heterocycles. The Morgan fingerprint density at radius 2 is 2.11 bits per heavy atom. The molecule has 1 unspecified atom stereocenters. The Hall–Kier alpha value is -0.800. The summed E-state index contributed by atoms with van der Waals surface area (Å²) < 4.78 is 2.17. The van der Waals surface area contributed by atoms with Crippen molar-refractivity contribution in [1.29, 1.82) is 0 Å². The second-order valence-electron chi connectivity index (χ2n) is 5.64. The number of rotatable bonds is 8. The van der Waals surface area contributed by atoms with E-state index in [0.29, 0.717) is 6.04 Å². The van der Waals surface area contributed by atoms with E-state index in [2.05, 4.69) is 42.2 Å².